The lowest BCUT2D eigenvalue weighted by molar-refractivity contribution is 0.0000916. The molecule has 1 fully saturated rings. The lowest BCUT2D eigenvalue weighted by Gasteiger charge is -2.39. The Morgan fingerprint density at radius 2 is 2.17 bits per heavy atom. The van der Waals surface area contributed by atoms with E-state index in [4.69, 9.17) is 22.1 Å². The van der Waals surface area contributed by atoms with E-state index < -0.39 is 0 Å². The molecule has 7 heteroatoms. The Morgan fingerprint density at radius 3 is 2.77 bits per heavy atom. The van der Waals surface area contributed by atoms with Crippen LogP contribution in [-0.4, -0.2) is 29.1 Å². The number of aliphatic imine (C=N–C) groups is 1. The zero-order valence-corrected chi connectivity index (χ0v) is 17.9. The van der Waals surface area contributed by atoms with Gasteiger partial charge in [-0.15, -0.1) is 0 Å². The van der Waals surface area contributed by atoms with Gasteiger partial charge in [-0.05, 0) is 43.5 Å². The van der Waals surface area contributed by atoms with E-state index in [0.29, 0.717) is 35.2 Å². The number of aryl methyl sites for hydroxylation is 1. The van der Waals surface area contributed by atoms with Gasteiger partial charge in [0.05, 0.1) is 23.9 Å². The smallest absolute Gasteiger partial charge is 0.250 e. The van der Waals surface area contributed by atoms with Gasteiger partial charge in [0.2, 0.25) is 0 Å². The molecule has 0 bridgehead atoms. The van der Waals surface area contributed by atoms with Gasteiger partial charge >= 0.3 is 0 Å². The van der Waals surface area contributed by atoms with Crippen molar-refractivity contribution in [1.82, 2.24) is 4.57 Å². The van der Waals surface area contributed by atoms with E-state index in [1.165, 1.54) is 12.3 Å². The summed E-state index contributed by atoms with van der Waals surface area (Å²) in [5, 5.41) is 10.1. The molecule has 1 aromatic carbocycles. The normalized spacial score (nSPS) is 15.9. The van der Waals surface area contributed by atoms with Crippen molar-refractivity contribution in [2.45, 2.75) is 39.2 Å². The summed E-state index contributed by atoms with van der Waals surface area (Å²) in [7, 11) is 0. The lowest BCUT2D eigenvalue weighted by atomic mass is 9.70. The van der Waals surface area contributed by atoms with Crippen LogP contribution >= 0.6 is 11.6 Å². The molecule has 0 amide bonds. The van der Waals surface area contributed by atoms with Gasteiger partial charge < -0.3 is 20.1 Å². The van der Waals surface area contributed by atoms with E-state index in [-0.39, 0.29) is 17.6 Å². The molecular weight excluding hydrogens is 402 g/mol. The van der Waals surface area contributed by atoms with Crippen molar-refractivity contribution in [3.63, 3.8) is 0 Å². The first-order chi connectivity index (χ1) is 14.5. The number of hydrogen-bond donors (Lipinski definition) is 2. The fraction of sp³-hybridized carbons (Fsp3) is 0.391. The minimum atomic E-state index is -0.117. The van der Waals surface area contributed by atoms with E-state index in [1.807, 2.05) is 19.1 Å². The number of halogens is 1. The van der Waals surface area contributed by atoms with Gasteiger partial charge in [-0.3, -0.25) is 9.79 Å². The Balaban J connectivity index is 1.73. The molecule has 0 unspecified atom stereocenters. The second-order valence-electron chi connectivity index (χ2n) is 7.74. The number of nitrogens with two attached hydrogens (primary N) is 1. The van der Waals surface area contributed by atoms with Crippen molar-refractivity contribution in [1.29, 1.82) is 0 Å². The van der Waals surface area contributed by atoms with E-state index >= 15 is 0 Å². The van der Waals surface area contributed by atoms with Crippen LogP contribution in [0.25, 0.3) is 5.57 Å². The minimum absolute atomic E-state index is 0.0473. The molecule has 0 spiro atoms. The first-order valence-electron chi connectivity index (χ1n) is 10.2. The maximum atomic E-state index is 11.8. The summed E-state index contributed by atoms with van der Waals surface area (Å²) in [6.45, 7) is 3.28. The minimum Gasteiger partial charge on any atom is -0.493 e. The highest BCUT2D eigenvalue weighted by Gasteiger charge is 2.37. The van der Waals surface area contributed by atoms with Crippen molar-refractivity contribution in [2.24, 2.45) is 16.1 Å². The van der Waals surface area contributed by atoms with Crippen LogP contribution in [0.5, 0.6) is 5.75 Å². The molecule has 1 aromatic heterocycles. The highest BCUT2D eigenvalue weighted by Crippen LogP contribution is 2.41. The Hall–Kier alpha value is -2.57. The fourth-order valence-electron chi connectivity index (χ4n) is 3.44. The average Bonchev–Trinajstić information content (AvgIpc) is 2.71. The molecule has 0 aliphatic heterocycles. The molecule has 3 N–H and O–H groups in total. The second kappa shape index (κ2) is 9.96. The van der Waals surface area contributed by atoms with Crippen molar-refractivity contribution in [3.8, 4) is 5.75 Å². The van der Waals surface area contributed by atoms with Crippen molar-refractivity contribution < 1.29 is 9.84 Å². The van der Waals surface area contributed by atoms with Crippen LogP contribution in [0.15, 0.2) is 52.5 Å². The number of aromatic nitrogens is 1. The largest absolute Gasteiger partial charge is 0.493 e. The maximum Gasteiger partial charge on any atom is 0.250 e. The van der Waals surface area contributed by atoms with Gasteiger partial charge in [0.15, 0.2) is 0 Å². The van der Waals surface area contributed by atoms with Crippen molar-refractivity contribution >= 4 is 29.1 Å². The molecule has 6 nitrogen and oxygen atoms in total. The molecular formula is C23H28ClN3O3. The number of hydrogen-bond acceptors (Lipinski definition) is 5. The topological polar surface area (TPSA) is 89.8 Å². The number of pyridine rings is 1. The number of ether oxygens (including phenoxy) is 1. The van der Waals surface area contributed by atoms with E-state index in [0.717, 1.165) is 31.2 Å². The number of rotatable bonds is 9. The summed E-state index contributed by atoms with van der Waals surface area (Å²) in [6.07, 6.45) is 8.77. The predicted molar refractivity (Wildman–Crippen MR) is 122 cm³/mol. The summed E-state index contributed by atoms with van der Waals surface area (Å²) in [4.78, 5) is 16.3. The third kappa shape index (κ3) is 5.12. The van der Waals surface area contributed by atoms with Crippen molar-refractivity contribution in [2.75, 3.05) is 13.2 Å². The van der Waals surface area contributed by atoms with Crippen LogP contribution in [0.1, 0.15) is 38.2 Å². The van der Waals surface area contributed by atoms with Crippen LogP contribution < -0.4 is 16.0 Å². The molecule has 1 aliphatic rings. The van der Waals surface area contributed by atoms with Gasteiger partial charge in [-0.25, -0.2) is 0 Å². The van der Waals surface area contributed by atoms with Gasteiger partial charge in [0.25, 0.3) is 5.56 Å². The highest BCUT2D eigenvalue weighted by atomic mass is 35.5. The average molecular weight is 430 g/mol. The van der Waals surface area contributed by atoms with Crippen LogP contribution in [0.3, 0.4) is 0 Å². The van der Waals surface area contributed by atoms with Crippen molar-refractivity contribution in [3.05, 3.63) is 63.7 Å². The van der Waals surface area contributed by atoms with Gasteiger partial charge in [-0.1, -0.05) is 24.9 Å². The first-order valence-corrected chi connectivity index (χ1v) is 10.6. The third-order valence-corrected chi connectivity index (χ3v) is 5.82. The molecule has 3 rings (SSSR count). The van der Waals surface area contributed by atoms with Gasteiger partial charge in [0.1, 0.15) is 5.75 Å². The predicted octanol–water partition coefficient (Wildman–Crippen LogP) is 4.16. The van der Waals surface area contributed by atoms with Crippen LogP contribution in [0.4, 0.5) is 5.69 Å². The number of benzene rings is 1. The quantitative estimate of drug-likeness (QED) is 0.586. The lowest BCUT2D eigenvalue weighted by Crippen LogP contribution is -2.39. The first kappa shape index (κ1) is 22.1. The second-order valence-corrected chi connectivity index (χ2v) is 8.15. The maximum absolute atomic E-state index is 11.8. The van der Waals surface area contributed by atoms with Crippen LogP contribution in [0.2, 0.25) is 5.02 Å². The summed E-state index contributed by atoms with van der Waals surface area (Å²) in [5.41, 5.74) is 7.70. The van der Waals surface area contributed by atoms with E-state index in [1.54, 1.807) is 29.1 Å². The zero-order valence-electron chi connectivity index (χ0n) is 17.2. The number of aliphatic hydroxyl groups is 1. The number of nitrogens with zero attached hydrogens (tertiary/aromatic N) is 2. The zero-order chi connectivity index (χ0) is 21.6. The van der Waals surface area contributed by atoms with E-state index in [9.17, 15) is 9.90 Å². The Morgan fingerprint density at radius 1 is 1.37 bits per heavy atom. The molecule has 1 heterocycles. The molecule has 0 saturated heterocycles. The van der Waals surface area contributed by atoms with Crippen LogP contribution in [0, 0.1) is 5.41 Å². The number of allylic oxidation sites excluding steroid dienone is 1. The summed E-state index contributed by atoms with van der Waals surface area (Å²) in [6, 6.07) is 8.61. The molecule has 0 radical (unpaired) electrons. The SMILES string of the molecule is CCCn1cc(N=CC(=CN)c2ccc(OCC3(CO)CCC3)cc2Cl)ccc1=O. The Kier molecular flexibility index (Phi) is 7.34. The van der Waals surface area contributed by atoms with Crippen LogP contribution in [-0.2, 0) is 6.54 Å². The van der Waals surface area contributed by atoms with Gasteiger partial charge in [0, 0.05) is 47.8 Å². The molecule has 0 atom stereocenters. The monoisotopic (exact) mass is 429 g/mol. The Bertz CT molecular complexity index is 988. The molecule has 2 aromatic rings. The van der Waals surface area contributed by atoms with E-state index in [2.05, 4.69) is 4.99 Å². The molecule has 160 valence electrons. The number of aliphatic hydroxyl groups excluding tert-OH is 1. The summed E-state index contributed by atoms with van der Waals surface area (Å²) in [5.74, 6) is 0.656. The third-order valence-electron chi connectivity index (χ3n) is 5.51. The summed E-state index contributed by atoms with van der Waals surface area (Å²) >= 11 is 6.47. The summed E-state index contributed by atoms with van der Waals surface area (Å²) < 4.78 is 7.51. The molecule has 1 aliphatic carbocycles. The Labute approximate surface area is 181 Å². The molecule has 1 saturated carbocycles. The molecule has 30 heavy (non-hydrogen) atoms. The fourth-order valence-corrected chi connectivity index (χ4v) is 3.72. The van der Waals surface area contributed by atoms with Gasteiger partial charge in [-0.2, -0.15) is 0 Å². The highest BCUT2D eigenvalue weighted by molar-refractivity contribution is 6.34. The standard InChI is InChI=1S/C23H28ClN3O3/c1-2-10-27-14-18(4-7-22(27)29)26-13-17(12-25)20-6-5-19(11-21(20)24)30-16-23(15-28)8-3-9-23/h4-7,11-14,28H,2-3,8-10,15-16,25H2,1H3.